The van der Waals surface area contributed by atoms with Gasteiger partial charge in [-0.15, -0.1) is 0 Å². The number of hydrogen-bond acceptors (Lipinski definition) is 3. The van der Waals surface area contributed by atoms with Gasteiger partial charge in [0.05, 0.1) is 4.92 Å². The average Bonchev–Trinajstić information content (AvgIpc) is 2.16. The van der Waals surface area contributed by atoms with E-state index in [0.717, 1.165) is 6.20 Å². The molecule has 4 nitrogen and oxygen atoms in total. The predicted molar refractivity (Wildman–Crippen MR) is 56.2 cm³/mol. The Morgan fingerprint density at radius 3 is 2.60 bits per heavy atom. The molecule has 0 radical (unpaired) electrons. The third-order valence-electron chi connectivity index (χ3n) is 1.70. The normalized spacial score (nSPS) is 10.7. The van der Waals surface area contributed by atoms with Crippen molar-refractivity contribution in [1.82, 2.24) is 4.98 Å². The quantitative estimate of drug-likeness (QED) is 0.364. The number of halogens is 4. The van der Waals surface area contributed by atoms with Gasteiger partial charge in [0.25, 0.3) is 12.1 Å². The lowest BCUT2D eigenvalue weighted by Gasteiger charge is -2.07. The molecule has 0 aliphatic rings. The minimum atomic E-state index is -2.91. The van der Waals surface area contributed by atoms with Gasteiger partial charge >= 0.3 is 0 Å². The van der Waals surface area contributed by atoms with Crippen molar-refractivity contribution in [3.63, 3.8) is 0 Å². The molecule has 0 N–H and O–H groups in total. The van der Waals surface area contributed by atoms with E-state index in [0.29, 0.717) is 0 Å². The Kier molecular flexibility index (Phi) is 4.09. The zero-order valence-corrected chi connectivity index (χ0v) is 10.3. The Morgan fingerprint density at radius 2 is 2.20 bits per heavy atom. The van der Waals surface area contributed by atoms with Crippen LogP contribution in [0.25, 0.3) is 0 Å². The number of nitro groups is 1. The van der Waals surface area contributed by atoms with Gasteiger partial charge in [0, 0.05) is 10.9 Å². The second kappa shape index (κ2) is 4.93. The van der Waals surface area contributed by atoms with E-state index in [1.54, 1.807) is 0 Å². The van der Waals surface area contributed by atoms with E-state index >= 15 is 0 Å². The number of pyridine rings is 1. The van der Waals surface area contributed by atoms with Crippen molar-refractivity contribution >= 4 is 37.5 Å². The summed E-state index contributed by atoms with van der Waals surface area (Å²) in [6.07, 6.45) is -2.09. The lowest BCUT2D eigenvalue weighted by atomic mass is 10.1. The molecule has 0 amide bonds. The number of rotatable bonds is 3. The minimum absolute atomic E-state index is 0.0714. The SMILES string of the molecule is O=[N+]([O-])c1cnc(Br)c(CBr)c1C(F)F. The summed E-state index contributed by atoms with van der Waals surface area (Å²) < 4.78 is 25.5. The zero-order valence-electron chi connectivity index (χ0n) is 7.08. The first kappa shape index (κ1) is 12.4. The monoisotopic (exact) mass is 344 g/mol. The molecular formula is C7H4Br2F2N2O2. The van der Waals surface area contributed by atoms with Crippen LogP contribution in [0.1, 0.15) is 17.6 Å². The Morgan fingerprint density at radius 1 is 1.60 bits per heavy atom. The van der Waals surface area contributed by atoms with Crippen molar-refractivity contribution in [3.05, 3.63) is 32.0 Å². The number of aromatic nitrogens is 1. The molecule has 1 aromatic rings. The largest absolute Gasteiger partial charge is 0.296 e. The van der Waals surface area contributed by atoms with Gasteiger partial charge in [-0.3, -0.25) is 10.1 Å². The van der Waals surface area contributed by atoms with E-state index in [1.807, 2.05) is 0 Å². The van der Waals surface area contributed by atoms with Gasteiger partial charge in [0.2, 0.25) is 0 Å². The van der Waals surface area contributed by atoms with E-state index < -0.39 is 22.6 Å². The molecule has 0 saturated heterocycles. The van der Waals surface area contributed by atoms with E-state index in [4.69, 9.17) is 0 Å². The van der Waals surface area contributed by atoms with Crippen LogP contribution in [0, 0.1) is 10.1 Å². The number of hydrogen-bond donors (Lipinski definition) is 0. The third kappa shape index (κ3) is 2.49. The highest BCUT2D eigenvalue weighted by atomic mass is 79.9. The van der Waals surface area contributed by atoms with Crippen molar-refractivity contribution in [2.45, 2.75) is 11.8 Å². The number of nitrogens with zero attached hydrogens (tertiary/aromatic N) is 2. The second-order valence-corrected chi connectivity index (χ2v) is 3.83. The summed E-state index contributed by atoms with van der Waals surface area (Å²) in [4.78, 5) is 13.3. The van der Waals surface area contributed by atoms with Gasteiger partial charge in [-0.2, -0.15) is 0 Å². The Balaban J connectivity index is 3.49. The third-order valence-corrected chi connectivity index (χ3v) is 2.94. The van der Waals surface area contributed by atoms with E-state index in [-0.39, 0.29) is 15.5 Å². The van der Waals surface area contributed by atoms with Crippen LogP contribution in [-0.2, 0) is 5.33 Å². The summed E-state index contributed by atoms with van der Waals surface area (Å²) in [5, 5.41) is 10.6. The summed E-state index contributed by atoms with van der Waals surface area (Å²) in [5.74, 6) is 0. The molecule has 82 valence electrons. The lowest BCUT2D eigenvalue weighted by Crippen LogP contribution is -2.02. The van der Waals surface area contributed by atoms with Crippen LogP contribution in [-0.4, -0.2) is 9.91 Å². The summed E-state index contributed by atoms with van der Waals surface area (Å²) in [6, 6.07) is 0. The van der Waals surface area contributed by atoms with Crippen LogP contribution < -0.4 is 0 Å². The fraction of sp³-hybridized carbons (Fsp3) is 0.286. The standard InChI is InChI=1S/C7H4Br2F2N2O2/c8-1-3-5(7(10)11)4(13(14)15)2-12-6(3)9/h2,7H,1H2. The molecule has 0 aromatic carbocycles. The van der Waals surface area contributed by atoms with Crippen LogP contribution in [0.3, 0.4) is 0 Å². The second-order valence-electron chi connectivity index (χ2n) is 2.52. The van der Waals surface area contributed by atoms with Gasteiger partial charge in [0.1, 0.15) is 16.4 Å². The lowest BCUT2D eigenvalue weighted by molar-refractivity contribution is -0.386. The maximum absolute atomic E-state index is 12.6. The average molecular weight is 346 g/mol. The highest BCUT2D eigenvalue weighted by Gasteiger charge is 2.27. The fourth-order valence-electron chi connectivity index (χ4n) is 1.05. The summed E-state index contributed by atoms with van der Waals surface area (Å²) in [5.41, 5.74) is -1.17. The predicted octanol–water partition coefficient (Wildman–Crippen LogP) is 3.58. The molecule has 8 heteroatoms. The molecule has 0 aliphatic carbocycles. The molecule has 0 bridgehead atoms. The van der Waals surface area contributed by atoms with Crippen molar-refractivity contribution in [2.24, 2.45) is 0 Å². The maximum Gasteiger partial charge on any atom is 0.296 e. The van der Waals surface area contributed by atoms with Crippen LogP contribution >= 0.6 is 31.9 Å². The summed E-state index contributed by atoms with van der Waals surface area (Å²) in [6.45, 7) is 0. The van der Waals surface area contributed by atoms with E-state index in [9.17, 15) is 18.9 Å². The molecule has 1 heterocycles. The summed E-state index contributed by atoms with van der Waals surface area (Å²) >= 11 is 5.95. The van der Waals surface area contributed by atoms with Crippen LogP contribution in [0.15, 0.2) is 10.8 Å². The molecule has 0 saturated carbocycles. The van der Waals surface area contributed by atoms with Gasteiger partial charge in [-0.1, -0.05) is 15.9 Å². The smallest absolute Gasteiger partial charge is 0.258 e. The first-order valence-corrected chi connectivity index (χ1v) is 5.56. The molecule has 1 aromatic heterocycles. The first-order valence-electron chi connectivity index (χ1n) is 3.64. The Hall–Kier alpha value is -0.630. The van der Waals surface area contributed by atoms with Gasteiger partial charge in [0.15, 0.2) is 0 Å². The van der Waals surface area contributed by atoms with E-state index in [2.05, 4.69) is 36.8 Å². The first-order chi connectivity index (χ1) is 6.99. The molecule has 0 atom stereocenters. The zero-order chi connectivity index (χ0) is 11.6. The molecule has 0 spiro atoms. The molecule has 1 rings (SSSR count). The van der Waals surface area contributed by atoms with Crippen molar-refractivity contribution in [3.8, 4) is 0 Å². The summed E-state index contributed by atoms with van der Waals surface area (Å²) in [7, 11) is 0. The Bertz CT molecular complexity index is 401. The van der Waals surface area contributed by atoms with Crippen molar-refractivity contribution in [1.29, 1.82) is 0 Å². The van der Waals surface area contributed by atoms with Crippen LogP contribution in [0.4, 0.5) is 14.5 Å². The van der Waals surface area contributed by atoms with Gasteiger partial charge in [-0.05, 0) is 15.9 Å². The molecular weight excluding hydrogens is 342 g/mol. The van der Waals surface area contributed by atoms with Gasteiger partial charge in [-0.25, -0.2) is 13.8 Å². The minimum Gasteiger partial charge on any atom is -0.258 e. The molecule has 0 unspecified atom stereocenters. The highest BCUT2D eigenvalue weighted by molar-refractivity contribution is 9.10. The van der Waals surface area contributed by atoms with Crippen LogP contribution in [0.2, 0.25) is 0 Å². The Labute approximate surface area is 100 Å². The molecule has 0 aliphatic heterocycles. The van der Waals surface area contributed by atoms with Crippen molar-refractivity contribution < 1.29 is 13.7 Å². The molecule has 0 fully saturated rings. The maximum atomic E-state index is 12.6. The fourth-order valence-corrected chi connectivity index (χ4v) is 2.45. The van der Waals surface area contributed by atoms with Gasteiger partial charge < -0.3 is 0 Å². The number of alkyl halides is 3. The topological polar surface area (TPSA) is 56.0 Å². The molecule has 15 heavy (non-hydrogen) atoms. The van der Waals surface area contributed by atoms with Crippen LogP contribution in [0.5, 0.6) is 0 Å². The highest BCUT2D eigenvalue weighted by Crippen LogP contribution is 2.35. The van der Waals surface area contributed by atoms with Crippen molar-refractivity contribution in [2.75, 3.05) is 0 Å². The van der Waals surface area contributed by atoms with E-state index in [1.165, 1.54) is 0 Å².